The number of hydrogen-bond donors (Lipinski definition) is 0. The Labute approximate surface area is 296 Å². The highest BCUT2D eigenvalue weighted by atomic mass is 16.6. The van der Waals surface area contributed by atoms with Crippen molar-refractivity contribution in [2.24, 2.45) is 46.3 Å². The van der Waals surface area contributed by atoms with E-state index < -0.39 is 0 Å². The van der Waals surface area contributed by atoms with Gasteiger partial charge in [0.05, 0.1) is 0 Å². The largest absolute Gasteiger partial charge is 0.481 e. The summed E-state index contributed by atoms with van der Waals surface area (Å²) in [6.07, 6.45) is 16.0. The van der Waals surface area contributed by atoms with Crippen molar-refractivity contribution in [2.45, 2.75) is 116 Å². The molecule has 3 aromatic carbocycles. The van der Waals surface area contributed by atoms with Crippen LogP contribution in [0.3, 0.4) is 0 Å². The summed E-state index contributed by atoms with van der Waals surface area (Å²) in [5, 5.41) is 3.42. The van der Waals surface area contributed by atoms with Crippen LogP contribution in [-0.2, 0) is 25.5 Å². The Morgan fingerprint density at radius 1 is 0.600 bits per heavy atom. The van der Waals surface area contributed by atoms with Gasteiger partial charge in [-0.25, -0.2) is 9.59 Å². The van der Waals surface area contributed by atoms with Gasteiger partial charge in [0.2, 0.25) is 0 Å². The van der Waals surface area contributed by atoms with Gasteiger partial charge in [0.25, 0.3) is 0 Å². The minimum Gasteiger partial charge on any atom is -0.481 e. The predicted octanol–water partition coefficient (Wildman–Crippen LogP) is 9.61. The van der Waals surface area contributed by atoms with E-state index >= 15 is 0 Å². The first-order chi connectivity index (χ1) is 24.2. The molecule has 2 atom stereocenters. The summed E-state index contributed by atoms with van der Waals surface area (Å²) in [4.78, 5) is 26.8. The van der Waals surface area contributed by atoms with Gasteiger partial charge in [-0.05, 0) is 144 Å². The van der Waals surface area contributed by atoms with Gasteiger partial charge in [-0.15, -0.1) is 0 Å². The lowest BCUT2D eigenvalue weighted by atomic mass is 9.48. The second-order valence-corrected chi connectivity index (χ2v) is 17.8. The molecule has 8 fully saturated rings. The van der Waals surface area contributed by atoms with E-state index in [9.17, 15) is 9.59 Å². The number of aryl methyl sites for hydroxylation is 1. The molecule has 0 heterocycles. The van der Waals surface area contributed by atoms with E-state index in [-0.39, 0.29) is 48.2 Å². The summed E-state index contributed by atoms with van der Waals surface area (Å²) >= 11 is 0. The Kier molecular flexibility index (Phi) is 8.12. The molecule has 0 aromatic heterocycles. The van der Waals surface area contributed by atoms with Crippen molar-refractivity contribution in [1.82, 2.24) is 0 Å². The molecule has 0 radical (unpaired) electrons. The predicted molar refractivity (Wildman–Crippen MR) is 194 cm³/mol. The molecule has 8 bridgehead atoms. The zero-order chi connectivity index (χ0) is 34.2. The van der Waals surface area contributed by atoms with Crippen LogP contribution in [0.5, 0.6) is 11.5 Å². The number of rotatable bonds is 11. The maximum Gasteiger partial charge on any atom is 0.344 e. The number of carbonyl (C=O) groups excluding carboxylic acids is 2. The molecule has 8 aliphatic rings. The minimum atomic E-state index is -0.313. The highest BCUT2D eigenvalue weighted by Crippen LogP contribution is 2.63. The highest BCUT2D eigenvalue weighted by Gasteiger charge is 2.55. The monoisotopic (exact) mass is 678 g/mol. The molecule has 0 N–H and O–H groups in total. The van der Waals surface area contributed by atoms with Crippen LogP contribution >= 0.6 is 0 Å². The van der Waals surface area contributed by atoms with Crippen molar-refractivity contribution in [1.29, 1.82) is 0 Å². The van der Waals surface area contributed by atoms with Gasteiger partial charge in [-0.3, -0.25) is 0 Å². The molecule has 50 heavy (non-hydrogen) atoms. The first-order valence-corrected chi connectivity index (χ1v) is 19.8. The lowest BCUT2D eigenvalue weighted by Crippen LogP contribution is -2.52. The Morgan fingerprint density at radius 3 is 1.38 bits per heavy atom. The molecular weight excluding hydrogens is 624 g/mol. The van der Waals surface area contributed by atoms with E-state index in [1.54, 1.807) is 0 Å². The number of hydrogen-bond acceptors (Lipinski definition) is 6. The van der Waals surface area contributed by atoms with Crippen LogP contribution in [0.4, 0.5) is 0 Å². The van der Waals surface area contributed by atoms with E-state index in [0.717, 1.165) is 69.0 Å². The van der Waals surface area contributed by atoms with Crippen LogP contribution in [0.15, 0.2) is 42.5 Å². The van der Waals surface area contributed by atoms with Crippen LogP contribution in [0, 0.1) is 46.3 Å². The molecule has 8 aliphatic carbocycles. The van der Waals surface area contributed by atoms with E-state index in [0.29, 0.717) is 11.5 Å². The molecule has 6 nitrogen and oxygen atoms in total. The van der Waals surface area contributed by atoms with Gasteiger partial charge >= 0.3 is 11.9 Å². The molecule has 6 heteroatoms. The highest BCUT2D eigenvalue weighted by molar-refractivity contribution is 6.11. The number of benzene rings is 3. The topological polar surface area (TPSA) is 71.1 Å². The molecule has 0 saturated heterocycles. The summed E-state index contributed by atoms with van der Waals surface area (Å²) < 4.78 is 25.2. The zero-order valence-electron chi connectivity index (χ0n) is 30.2. The second-order valence-electron chi connectivity index (χ2n) is 17.8. The number of carbonyl (C=O) groups is 2. The summed E-state index contributed by atoms with van der Waals surface area (Å²) in [6.45, 7) is 6.05. The van der Waals surface area contributed by atoms with Crippen LogP contribution in [0.1, 0.15) is 103 Å². The van der Waals surface area contributed by atoms with Crippen molar-refractivity contribution in [3.8, 4) is 11.5 Å². The van der Waals surface area contributed by atoms with Gasteiger partial charge in [0.1, 0.15) is 23.7 Å². The number of ether oxygens (including phenoxy) is 4. The molecule has 3 aromatic rings. The summed E-state index contributed by atoms with van der Waals surface area (Å²) in [5.41, 5.74) is 1.42. The van der Waals surface area contributed by atoms with Crippen molar-refractivity contribution < 1.29 is 28.5 Å². The summed E-state index contributed by atoms with van der Waals surface area (Å²) in [6, 6.07) is 14.2. The van der Waals surface area contributed by atoms with Gasteiger partial charge < -0.3 is 18.9 Å². The average molecular weight is 679 g/mol. The number of fused-ring (bicyclic) bond motifs is 2. The molecule has 2 unspecified atom stereocenters. The third-order valence-electron chi connectivity index (χ3n) is 14.6. The van der Waals surface area contributed by atoms with Crippen molar-refractivity contribution in [2.75, 3.05) is 13.2 Å². The third-order valence-corrected chi connectivity index (χ3v) is 14.6. The normalized spacial score (nSPS) is 34.5. The number of esters is 2. The van der Waals surface area contributed by atoms with Crippen LogP contribution < -0.4 is 9.47 Å². The van der Waals surface area contributed by atoms with Crippen LogP contribution in [0.2, 0.25) is 0 Å². The van der Waals surface area contributed by atoms with Crippen molar-refractivity contribution in [3.05, 3.63) is 48.0 Å². The van der Waals surface area contributed by atoms with Gasteiger partial charge in [0.15, 0.2) is 13.2 Å². The van der Waals surface area contributed by atoms with E-state index in [1.165, 1.54) is 77.0 Å². The Bertz CT molecular complexity index is 1740. The quantitative estimate of drug-likeness (QED) is 0.149. The molecule has 0 aliphatic heterocycles. The fourth-order valence-corrected chi connectivity index (χ4v) is 13.0. The van der Waals surface area contributed by atoms with Gasteiger partial charge in [-0.2, -0.15) is 0 Å². The fourth-order valence-electron chi connectivity index (χ4n) is 13.0. The first-order valence-electron chi connectivity index (χ1n) is 19.8. The molecule has 266 valence electrons. The molecular formula is C44H54O6. The maximum absolute atomic E-state index is 13.4. The SMILES string of the molecule is CCc1ccc2c(OCC(=O)OC(C)C34CC5CC(CC(C5)C3)C4)c3ccccc3c(OCC(=O)OC(C)C34CC5CC(CC(C5)C3)C4)c2c1. The van der Waals surface area contributed by atoms with E-state index in [1.807, 2.05) is 24.3 Å². The van der Waals surface area contributed by atoms with Crippen LogP contribution in [0.25, 0.3) is 21.5 Å². The zero-order valence-corrected chi connectivity index (χ0v) is 30.2. The lowest BCUT2D eigenvalue weighted by Gasteiger charge is -2.58. The van der Waals surface area contributed by atoms with E-state index in [4.69, 9.17) is 18.9 Å². The minimum absolute atomic E-state index is 0.103. The van der Waals surface area contributed by atoms with Crippen molar-refractivity contribution >= 4 is 33.5 Å². The van der Waals surface area contributed by atoms with E-state index in [2.05, 4.69) is 39.0 Å². The smallest absolute Gasteiger partial charge is 0.344 e. The standard InChI is InChI=1S/C44H54O6/c1-4-28-9-10-37-38(17-28)42(48-25-40(46)50-27(3)44-21-32-14-33(22-44)16-34(15-32)23-44)36-8-6-5-7-35(36)41(37)47-24-39(45)49-26(2)43-18-29-11-30(19-43)13-31(12-29)20-43/h5-10,17,26-27,29-34H,4,11-16,18-25H2,1-3H3. The average Bonchev–Trinajstić information content (AvgIpc) is 3.08. The third kappa shape index (κ3) is 5.68. The van der Waals surface area contributed by atoms with Gasteiger partial charge in [0, 0.05) is 32.4 Å². The first kappa shape index (κ1) is 32.6. The Balaban J connectivity index is 0.929. The van der Waals surface area contributed by atoms with Crippen LogP contribution in [-0.4, -0.2) is 37.4 Å². The Hall–Kier alpha value is -3.28. The molecule has 0 amide bonds. The summed E-state index contributed by atoms with van der Waals surface area (Å²) in [7, 11) is 0. The molecule has 8 saturated carbocycles. The van der Waals surface area contributed by atoms with Crippen molar-refractivity contribution in [3.63, 3.8) is 0 Å². The maximum atomic E-state index is 13.4. The lowest BCUT2D eigenvalue weighted by molar-refractivity contribution is -0.172. The summed E-state index contributed by atoms with van der Waals surface area (Å²) in [5.74, 6) is 5.48. The molecule has 11 rings (SSSR count). The fraction of sp³-hybridized carbons (Fsp3) is 0.636. The Morgan fingerprint density at radius 2 is 0.980 bits per heavy atom. The second kappa shape index (κ2) is 12.4. The van der Waals surface area contributed by atoms with Gasteiger partial charge in [-0.1, -0.05) is 43.3 Å². The molecule has 0 spiro atoms.